The first-order valence-corrected chi connectivity index (χ1v) is 8.40. The first-order valence-electron chi connectivity index (χ1n) is 6.13. The van der Waals surface area contributed by atoms with Crippen molar-refractivity contribution in [2.75, 3.05) is 6.26 Å². The van der Waals surface area contributed by atoms with Crippen LogP contribution in [-0.4, -0.2) is 36.5 Å². The Morgan fingerprint density at radius 1 is 1.22 bits per heavy atom. The fourth-order valence-corrected chi connectivity index (χ4v) is 3.02. The average Bonchev–Trinajstić information content (AvgIpc) is 2.45. The van der Waals surface area contributed by atoms with Gasteiger partial charge in [0.25, 0.3) is 5.91 Å². The van der Waals surface area contributed by atoms with Gasteiger partial charge in [-0.15, -0.1) is 0 Å². The molecule has 0 radical (unpaired) electrons. The van der Waals surface area contributed by atoms with Crippen LogP contribution in [0.5, 0.6) is 0 Å². The summed E-state index contributed by atoms with van der Waals surface area (Å²) in [5, 5.41) is 0.00579. The standard InChI is InChI=1S/C13H12ClN5O3S/c1-23(21,22)11-3-9(12(20)19-13(15)16)10(14)2-8(11)7-4-17-6-18-5-7/h2-6H,1H3,(H4,15,16,19,20). The highest BCUT2D eigenvalue weighted by molar-refractivity contribution is 7.90. The molecule has 1 heterocycles. The van der Waals surface area contributed by atoms with Crippen molar-refractivity contribution in [3.05, 3.63) is 41.4 Å². The Morgan fingerprint density at radius 2 is 1.83 bits per heavy atom. The molecule has 0 atom stereocenters. The van der Waals surface area contributed by atoms with Gasteiger partial charge >= 0.3 is 0 Å². The van der Waals surface area contributed by atoms with E-state index in [0.717, 1.165) is 12.3 Å². The van der Waals surface area contributed by atoms with Gasteiger partial charge in [0.1, 0.15) is 6.33 Å². The van der Waals surface area contributed by atoms with E-state index >= 15 is 0 Å². The predicted octanol–water partition coefficient (Wildman–Crippen LogP) is 0.614. The molecule has 0 aliphatic carbocycles. The zero-order valence-corrected chi connectivity index (χ0v) is 13.5. The fourth-order valence-electron chi connectivity index (χ4n) is 1.87. The van der Waals surface area contributed by atoms with Crippen molar-refractivity contribution < 1.29 is 13.2 Å². The first kappa shape index (κ1) is 16.8. The van der Waals surface area contributed by atoms with Crippen LogP contribution in [0.1, 0.15) is 10.4 Å². The Labute approximate surface area is 137 Å². The number of sulfone groups is 1. The van der Waals surface area contributed by atoms with Crippen molar-refractivity contribution in [1.29, 1.82) is 0 Å². The summed E-state index contributed by atoms with van der Waals surface area (Å²) in [5.41, 5.74) is 10.9. The molecule has 4 N–H and O–H groups in total. The van der Waals surface area contributed by atoms with Gasteiger partial charge in [0.05, 0.1) is 15.5 Å². The maximum Gasteiger partial charge on any atom is 0.281 e. The predicted molar refractivity (Wildman–Crippen MR) is 85.7 cm³/mol. The van der Waals surface area contributed by atoms with Crippen LogP contribution in [0.4, 0.5) is 0 Å². The van der Waals surface area contributed by atoms with Gasteiger partial charge in [0, 0.05) is 29.8 Å². The number of rotatable bonds is 3. The number of hydrogen-bond donors (Lipinski definition) is 2. The maximum atomic E-state index is 12.1. The van der Waals surface area contributed by atoms with E-state index in [-0.39, 0.29) is 21.0 Å². The minimum Gasteiger partial charge on any atom is -0.370 e. The molecule has 10 heteroatoms. The van der Waals surface area contributed by atoms with Crippen molar-refractivity contribution in [3.63, 3.8) is 0 Å². The van der Waals surface area contributed by atoms with Crippen LogP contribution in [0.3, 0.4) is 0 Å². The number of amides is 1. The van der Waals surface area contributed by atoms with Crippen LogP contribution < -0.4 is 11.5 Å². The van der Waals surface area contributed by atoms with E-state index in [1.54, 1.807) is 0 Å². The van der Waals surface area contributed by atoms with Crippen LogP contribution in [0, 0.1) is 0 Å². The zero-order chi connectivity index (χ0) is 17.2. The first-order chi connectivity index (χ1) is 10.7. The fraction of sp³-hybridized carbons (Fsp3) is 0.0769. The van der Waals surface area contributed by atoms with Crippen molar-refractivity contribution in [2.45, 2.75) is 4.90 Å². The molecule has 8 nitrogen and oxygen atoms in total. The van der Waals surface area contributed by atoms with Crippen LogP contribution in [0.2, 0.25) is 5.02 Å². The molecular formula is C13H12ClN5O3S. The van der Waals surface area contributed by atoms with Gasteiger partial charge in [-0.2, -0.15) is 4.99 Å². The number of halogens is 1. The average molecular weight is 354 g/mol. The highest BCUT2D eigenvalue weighted by atomic mass is 35.5. The third-order valence-corrected chi connectivity index (χ3v) is 4.25. The van der Waals surface area contributed by atoms with Gasteiger partial charge in [-0.1, -0.05) is 11.6 Å². The number of guanidine groups is 1. The highest BCUT2D eigenvalue weighted by Crippen LogP contribution is 2.32. The van der Waals surface area contributed by atoms with Crippen molar-refractivity contribution in [1.82, 2.24) is 9.97 Å². The molecule has 0 aliphatic heterocycles. The molecule has 120 valence electrons. The molecular weight excluding hydrogens is 342 g/mol. The second-order valence-electron chi connectivity index (χ2n) is 4.57. The van der Waals surface area contributed by atoms with Crippen molar-refractivity contribution in [2.24, 2.45) is 16.5 Å². The van der Waals surface area contributed by atoms with E-state index in [9.17, 15) is 13.2 Å². The number of nitrogens with two attached hydrogens (primary N) is 2. The van der Waals surface area contributed by atoms with E-state index in [4.69, 9.17) is 23.1 Å². The third-order valence-electron chi connectivity index (χ3n) is 2.80. The number of nitrogens with zero attached hydrogens (tertiary/aromatic N) is 3. The van der Waals surface area contributed by atoms with Gasteiger partial charge in [-0.05, 0) is 12.1 Å². The molecule has 0 unspecified atom stereocenters. The second-order valence-corrected chi connectivity index (χ2v) is 6.96. The van der Waals surface area contributed by atoms with E-state index < -0.39 is 21.7 Å². The summed E-state index contributed by atoms with van der Waals surface area (Å²) in [6, 6.07) is 2.47. The molecule has 2 rings (SSSR count). The lowest BCUT2D eigenvalue weighted by Crippen LogP contribution is -2.24. The molecule has 1 aromatic carbocycles. The molecule has 2 aromatic rings. The number of aromatic nitrogens is 2. The van der Waals surface area contributed by atoms with Crippen LogP contribution in [0.15, 0.2) is 40.7 Å². The minimum absolute atomic E-state index is 0.00579. The van der Waals surface area contributed by atoms with Crippen molar-refractivity contribution >= 4 is 33.3 Å². The zero-order valence-electron chi connectivity index (χ0n) is 11.9. The summed E-state index contributed by atoms with van der Waals surface area (Å²) in [4.78, 5) is 22.9. The molecule has 0 saturated heterocycles. The third kappa shape index (κ3) is 3.82. The summed E-state index contributed by atoms with van der Waals surface area (Å²) in [6.45, 7) is 0. The van der Waals surface area contributed by atoms with E-state index in [1.165, 1.54) is 24.8 Å². The van der Waals surface area contributed by atoms with Gasteiger partial charge in [0.2, 0.25) is 0 Å². The van der Waals surface area contributed by atoms with Gasteiger partial charge in [-0.25, -0.2) is 18.4 Å². The Hall–Kier alpha value is -2.52. The van der Waals surface area contributed by atoms with Crippen molar-refractivity contribution in [3.8, 4) is 11.1 Å². The number of carbonyl (C=O) groups is 1. The molecule has 0 spiro atoms. The molecule has 1 aromatic heterocycles. The second kappa shape index (κ2) is 6.31. The molecule has 0 fully saturated rings. The lowest BCUT2D eigenvalue weighted by atomic mass is 10.1. The topological polar surface area (TPSA) is 141 Å². The summed E-state index contributed by atoms with van der Waals surface area (Å²) in [7, 11) is -3.66. The maximum absolute atomic E-state index is 12.1. The SMILES string of the molecule is CS(=O)(=O)c1cc(C(=O)N=C(N)N)c(Cl)cc1-c1cncnc1. The Balaban J connectivity index is 2.74. The quantitative estimate of drug-likeness (QED) is 0.608. The Morgan fingerprint density at radius 3 is 2.35 bits per heavy atom. The number of benzene rings is 1. The lowest BCUT2D eigenvalue weighted by molar-refractivity contribution is 0.100. The van der Waals surface area contributed by atoms with E-state index in [0.29, 0.717) is 5.56 Å². The largest absolute Gasteiger partial charge is 0.370 e. The Kier molecular flexibility index (Phi) is 4.62. The van der Waals surface area contributed by atoms with Crippen LogP contribution in [-0.2, 0) is 9.84 Å². The minimum atomic E-state index is -3.66. The summed E-state index contributed by atoms with van der Waals surface area (Å²) in [5.74, 6) is -1.29. The van der Waals surface area contributed by atoms with Crippen LogP contribution >= 0.6 is 11.6 Å². The van der Waals surface area contributed by atoms with E-state index in [2.05, 4.69) is 15.0 Å². The molecule has 0 aliphatic rings. The van der Waals surface area contributed by atoms with Gasteiger partial charge in [-0.3, -0.25) is 4.79 Å². The lowest BCUT2D eigenvalue weighted by Gasteiger charge is -2.11. The molecule has 23 heavy (non-hydrogen) atoms. The number of aliphatic imine (C=N–C) groups is 1. The molecule has 0 bridgehead atoms. The molecule has 1 amide bonds. The number of hydrogen-bond acceptors (Lipinski definition) is 5. The van der Waals surface area contributed by atoms with Gasteiger partial charge < -0.3 is 11.5 Å². The van der Waals surface area contributed by atoms with Crippen LogP contribution in [0.25, 0.3) is 11.1 Å². The Bertz CT molecular complexity index is 893. The van der Waals surface area contributed by atoms with E-state index in [1.807, 2.05) is 0 Å². The highest BCUT2D eigenvalue weighted by Gasteiger charge is 2.21. The number of carbonyl (C=O) groups excluding carboxylic acids is 1. The summed E-state index contributed by atoms with van der Waals surface area (Å²) in [6.07, 6.45) is 5.19. The summed E-state index contributed by atoms with van der Waals surface area (Å²) < 4.78 is 24.1. The smallest absolute Gasteiger partial charge is 0.281 e. The normalized spacial score (nSPS) is 11.0. The van der Waals surface area contributed by atoms with Gasteiger partial charge in [0.15, 0.2) is 15.8 Å². The monoisotopic (exact) mass is 353 g/mol. The molecule has 0 saturated carbocycles. The summed E-state index contributed by atoms with van der Waals surface area (Å²) >= 11 is 6.07.